The van der Waals surface area contributed by atoms with Crippen LogP contribution in [-0.4, -0.2) is 69.7 Å². The summed E-state index contributed by atoms with van der Waals surface area (Å²) >= 11 is 0. The summed E-state index contributed by atoms with van der Waals surface area (Å²) in [6, 6.07) is 8.25. The van der Waals surface area contributed by atoms with Gasteiger partial charge in [0.25, 0.3) is 0 Å². The normalized spacial score (nSPS) is 17.3. The van der Waals surface area contributed by atoms with Gasteiger partial charge in [-0.1, -0.05) is 24.3 Å². The maximum Gasteiger partial charge on any atom is 0.326 e. The summed E-state index contributed by atoms with van der Waals surface area (Å²) in [5.74, 6) is -2.83. The van der Waals surface area contributed by atoms with Gasteiger partial charge < -0.3 is 36.6 Å². The second-order valence-electron chi connectivity index (χ2n) is 9.08. The molecule has 3 amide bonds. The summed E-state index contributed by atoms with van der Waals surface area (Å²) in [4.78, 5) is 50.3. The zero-order valence-electron chi connectivity index (χ0n) is 20.4. The van der Waals surface area contributed by atoms with Crippen LogP contribution in [0.3, 0.4) is 0 Å². The van der Waals surface area contributed by atoms with Gasteiger partial charge in [0.1, 0.15) is 29.6 Å². The van der Waals surface area contributed by atoms with Gasteiger partial charge in [0.2, 0.25) is 17.7 Å². The molecule has 1 aliphatic heterocycles. The summed E-state index contributed by atoms with van der Waals surface area (Å²) in [5, 5.41) is 39.5. The van der Waals surface area contributed by atoms with E-state index < -0.39 is 35.9 Å². The fourth-order valence-corrected chi connectivity index (χ4v) is 4.00. The summed E-state index contributed by atoms with van der Waals surface area (Å²) in [5.41, 5.74) is 1.21. The van der Waals surface area contributed by atoms with Crippen molar-refractivity contribution in [3.8, 4) is 11.5 Å². The van der Waals surface area contributed by atoms with Crippen LogP contribution in [0, 0.1) is 0 Å². The van der Waals surface area contributed by atoms with Crippen molar-refractivity contribution in [2.75, 3.05) is 6.54 Å². The number of carboxylic acids is 1. The van der Waals surface area contributed by atoms with Crippen molar-refractivity contribution in [3.63, 3.8) is 0 Å². The van der Waals surface area contributed by atoms with Gasteiger partial charge in [-0.3, -0.25) is 14.4 Å². The fourth-order valence-electron chi connectivity index (χ4n) is 4.00. The SMILES string of the molecule is CC(NC(=O)C1CCCN1)C(=O)NC(Cc1ccc(O)cc1)C(=O)NC(Cc1ccc(O)cc1)C(=O)O. The second-order valence-corrected chi connectivity index (χ2v) is 9.08. The van der Waals surface area contributed by atoms with Crippen molar-refractivity contribution in [1.82, 2.24) is 21.3 Å². The Morgan fingerprint density at radius 3 is 1.84 bits per heavy atom. The van der Waals surface area contributed by atoms with E-state index >= 15 is 0 Å². The van der Waals surface area contributed by atoms with Gasteiger partial charge in [-0.15, -0.1) is 0 Å². The highest BCUT2D eigenvalue weighted by Crippen LogP contribution is 2.14. The first-order valence-electron chi connectivity index (χ1n) is 12.1. The van der Waals surface area contributed by atoms with E-state index in [1.54, 1.807) is 24.3 Å². The molecule has 3 rings (SSSR count). The first-order chi connectivity index (χ1) is 17.6. The molecular formula is C26H32N4O7. The molecule has 11 nitrogen and oxygen atoms in total. The Bertz CT molecular complexity index is 1100. The van der Waals surface area contributed by atoms with Crippen LogP contribution in [0.5, 0.6) is 11.5 Å². The maximum atomic E-state index is 13.2. The van der Waals surface area contributed by atoms with E-state index in [0.29, 0.717) is 17.5 Å². The molecule has 0 aliphatic carbocycles. The minimum absolute atomic E-state index is 0.0221. The van der Waals surface area contributed by atoms with Crippen molar-refractivity contribution in [2.45, 2.75) is 56.8 Å². The quantitative estimate of drug-likeness (QED) is 0.223. The molecule has 11 heteroatoms. The minimum atomic E-state index is -1.29. The Hall–Kier alpha value is -4.12. The highest BCUT2D eigenvalue weighted by molar-refractivity contribution is 5.94. The molecule has 0 saturated carbocycles. The average molecular weight is 513 g/mol. The van der Waals surface area contributed by atoms with E-state index in [4.69, 9.17) is 0 Å². The predicted octanol–water partition coefficient (Wildman–Crippen LogP) is 0.194. The number of hydrogen-bond donors (Lipinski definition) is 7. The van der Waals surface area contributed by atoms with E-state index in [2.05, 4.69) is 21.3 Å². The molecule has 2 aromatic rings. The molecule has 0 bridgehead atoms. The van der Waals surface area contributed by atoms with Crippen LogP contribution < -0.4 is 21.3 Å². The summed E-state index contributed by atoms with van der Waals surface area (Å²) in [7, 11) is 0. The smallest absolute Gasteiger partial charge is 0.326 e. The van der Waals surface area contributed by atoms with Crippen LogP contribution in [-0.2, 0) is 32.0 Å². The molecule has 198 valence electrons. The fraction of sp³-hybridized carbons (Fsp3) is 0.385. The van der Waals surface area contributed by atoms with E-state index in [0.717, 1.165) is 13.0 Å². The van der Waals surface area contributed by atoms with Crippen molar-refractivity contribution in [1.29, 1.82) is 0 Å². The van der Waals surface area contributed by atoms with Gasteiger partial charge in [-0.25, -0.2) is 4.79 Å². The Balaban J connectivity index is 1.71. The highest BCUT2D eigenvalue weighted by atomic mass is 16.4. The molecule has 4 unspecified atom stereocenters. The van der Waals surface area contributed by atoms with Crippen molar-refractivity contribution >= 4 is 23.7 Å². The first-order valence-corrected chi connectivity index (χ1v) is 12.1. The molecule has 2 aromatic carbocycles. The van der Waals surface area contributed by atoms with Gasteiger partial charge in [-0.2, -0.15) is 0 Å². The first kappa shape index (κ1) is 27.5. The van der Waals surface area contributed by atoms with Gasteiger partial charge in [0.15, 0.2) is 0 Å². The Labute approximate surface area is 214 Å². The summed E-state index contributed by atoms with van der Waals surface area (Å²) < 4.78 is 0. The molecule has 1 saturated heterocycles. The molecule has 0 aromatic heterocycles. The standard InChI is InChI=1S/C26H32N4O7/c1-15(28-24(34)20-3-2-12-27-20)23(33)29-21(13-16-4-8-18(31)9-5-16)25(35)30-22(26(36)37)14-17-6-10-19(32)11-7-17/h4-11,15,20-22,27,31-32H,2-3,12-14H2,1H3,(H,28,34)(H,29,33)(H,30,35)(H,36,37). The molecule has 37 heavy (non-hydrogen) atoms. The lowest BCUT2D eigenvalue weighted by molar-refractivity contribution is -0.142. The summed E-state index contributed by atoms with van der Waals surface area (Å²) in [6.45, 7) is 2.23. The third kappa shape index (κ3) is 8.21. The third-order valence-electron chi connectivity index (χ3n) is 6.13. The van der Waals surface area contributed by atoms with Crippen molar-refractivity contribution in [2.24, 2.45) is 0 Å². The number of amides is 3. The molecule has 1 heterocycles. The topological polar surface area (TPSA) is 177 Å². The number of aromatic hydroxyl groups is 2. The van der Waals surface area contributed by atoms with Gasteiger partial charge in [-0.05, 0) is 61.7 Å². The maximum absolute atomic E-state index is 13.2. The van der Waals surface area contributed by atoms with Crippen LogP contribution in [0.15, 0.2) is 48.5 Å². The molecule has 0 spiro atoms. The number of phenols is 2. The minimum Gasteiger partial charge on any atom is -0.508 e. The Kier molecular flexibility index (Phi) is 9.45. The van der Waals surface area contributed by atoms with Crippen LogP contribution in [0.4, 0.5) is 0 Å². The average Bonchev–Trinajstić information content (AvgIpc) is 3.41. The number of hydrogen-bond acceptors (Lipinski definition) is 7. The Morgan fingerprint density at radius 1 is 0.838 bits per heavy atom. The van der Waals surface area contributed by atoms with E-state index in [9.17, 15) is 34.5 Å². The van der Waals surface area contributed by atoms with Gasteiger partial charge in [0, 0.05) is 12.8 Å². The molecular weight excluding hydrogens is 480 g/mol. The highest BCUT2D eigenvalue weighted by Gasteiger charge is 2.30. The van der Waals surface area contributed by atoms with Crippen LogP contribution in [0.1, 0.15) is 30.9 Å². The molecule has 7 N–H and O–H groups in total. The monoisotopic (exact) mass is 512 g/mol. The van der Waals surface area contributed by atoms with Gasteiger partial charge in [0.05, 0.1) is 6.04 Å². The van der Waals surface area contributed by atoms with Crippen molar-refractivity contribution < 1.29 is 34.5 Å². The zero-order valence-corrected chi connectivity index (χ0v) is 20.4. The van der Waals surface area contributed by atoms with E-state index in [-0.39, 0.29) is 36.3 Å². The Morgan fingerprint density at radius 2 is 1.35 bits per heavy atom. The lowest BCUT2D eigenvalue weighted by Crippen LogP contribution is -2.57. The molecule has 0 radical (unpaired) electrons. The molecule has 1 aliphatic rings. The lowest BCUT2D eigenvalue weighted by Gasteiger charge is -2.24. The zero-order chi connectivity index (χ0) is 26.9. The number of carboxylic acid groups (broad SMARTS) is 1. The molecule has 1 fully saturated rings. The van der Waals surface area contributed by atoms with Crippen LogP contribution in [0.2, 0.25) is 0 Å². The number of carbonyl (C=O) groups excluding carboxylic acids is 3. The second kappa shape index (κ2) is 12.7. The molecule has 4 atom stereocenters. The number of nitrogens with one attached hydrogen (secondary N) is 4. The number of aliphatic carboxylic acids is 1. The summed E-state index contributed by atoms with van der Waals surface area (Å²) in [6.07, 6.45) is 1.52. The van der Waals surface area contributed by atoms with E-state index in [1.807, 2.05) is 0 Å². The van der Waals surface area contributed by atoms with E-state index in [1.165, 1.54) is 31.2 Å². The van der Waals surface area contributed by atoms with Gasteiger partial charge >= 0.3 is 5.97 Å². The van der Waals surface area contributed by atoms with Crippen LogP contribution in [0.25, 0.3) is 0 Å². The van der Waals surface area contributed by atoms with Crippen LogP contribution >= 0.6 is 0 Å². The third-order valence-corrected chi connectivity index (χ3v) is 6.13. The van der Waals surface area contributed by atoms with Crippen molar-refractivity contribution in [3.05, 3.63) is 59.7 Å². The lowest BCUT2D eigenvalue weighted by atomic mass is 10.0. The number of benzene rings is 2. The largest absolute Gasteiger partial charge is 0.508 e. The number of phenolic OH excluding ortho intramolecular Hbond substituents is 2. The number of carbonyl (C=O) groups is 4. The predicted molar refractivity (Wildman–Crippen MR) is 134 cm³/mol. The number of rotatable bonds is 11.